The van der Waals surface area contributed by atoms with E-state index in [0.717, 1.165) is 47.4 Å². The first-order chi connectivity index (χ1) is 24.8. The molecule has 0 amide bonds. The van der Waals surface area contributed by atoms with Crippen LogP contribution in [0.15, 0.2) is 30.3 Å². The number of nitrogens with zero attached hydrogens (tertiary/aromatic N) is 1. The number of benzene rings is 2. The molecule has 3 aliphatic rings. The monoisotopic (exact) mass is 617 g/mol. The smallest absolute Gasteiger partial charge is 0.338 e. The Bertz CT molecular complexity index is 1820. The molecule has 6 atom stereocenters. The van der Waals surface area contributed by atoms with Crippen LogP contribution in [-0.4, -0.2) is 89.6 Å². The predicted molar refractivity (Wildman–Crippen MR) is 161 cm³/mol. The summed E-state index contributed by atoms with van der Waals surface area (Å²) in [4.78, 5) is 33.3. The average molecular weight is 618 g/mol. The van der Waals surface area contributed by atoms with Gasteiger partial charge in [-0.2, -0.15) is 0 Å². The Morgan fingerprint density at radius 1 is 0.977 bits per heavy atom. The van der Waals surface area contributed by atoms with Crippen molar-refractivity contribution >= 4 is 22.8 Å². The number of piperidine rings is 1. The summed E-state index contributed by atoms with van der Waals surface area (Å²) in [7, 11) is -5.24. The molecule has 0 spiro atoms. The SMILES string of the molecule is [2H]C([2H])([2H])Oc1cc(C(=O)O[C@@H]2C[C@@H]3CN4CCc5c([nH]c6cc(OC)ccc56)[C@H]4C[C@@H]3[C@H](C(=O)OC)[C@H]2OC)cc(OC([2H])([2H])[2H])c1OC([2H])([2H])[2H]. The molecule has 44 heavy (non-hydrogen) atoms. The molecule has 236 valence electrons. The third kappa shape index (κ3) is 5.01. The summed E-state index contributed by atoms with van der Waals surface area (Å²) in [6.07, 6.45) is -0.271. The van der Waals surface area contributed by atoms with Gasteiger partial charge in [-0.25, -0.2) is 4.79 Å². The fourth-order valence-corrected chi connectivity index (χ4v) is 7.51. The number of nitrogens with one attached hydrogen (secondary N) is 1. The lowest BCUT2D eigenvalue weighted by Gasteiger charge is -2.52. The lowest BCUT2D eigenvalue weighted by molar-refractivity contribution is -0.176. The van der Waals surface area contributed by atoms with E-state index in [1.54, 1.807) is 7.11 Å². The Morgan fingerprint density at radius 3 is 2.43 bits per heavy atom. The van der Waals surface area contributed by atoms with Crippen molar-refractivity contribution in [1.82, 2.24) is 9.88 Å². The summed E-state index contributed by atoms with van der Waals surface area (Å²) >= 11 is 0. The first-order valence-corrected chi connectivity index (χ1v) is 14.3. The van der Waals surface area contributed by atoms with E-state index in [1.807, 2.05) is 18.2 Å². The van der Waals surface area contributed by atoms with Crippen LogP contribution in [0.3, 0.4) is 0 Å². The molecule has 1 N–H and O–H groups in total. The van der Waals surface area contributed by atoms with Crippen LogP contribution in [0.5, 0.6) is 23.0 Å². The third-order valence-electron chi connectivity index (χ3n) is 9.44. The van der Waals surface area contributed by atoms with Gasteiger partial charge in [-0.1, -0.05) is 0 Å². The van der Waals surface area contributed by atoms with E-state index in [1.165, 1.54) is 19.8 Å². The summed E-state index contributed by atoms with van der Waals surface area (Å²) in [6, 6.07) is 7.64. The highest BCUT2D eigenvalue weighted by molar-refractivity contribution is 5.91. The summed E-state index contributed by atoms with van der Waals surface area (Å²) in [5.74, 6) is -4.53. The number of H-pyrrole nitrogens is 1. The molecule has 0 unspecified atom stereocenters. The maximum atomic E-state index is 13.8. The zero-order valence-electron chi connectivity index (χ0n) is 33.5. The standard InChI is InChI=1S/C33H40N2O9/c1-38-19-7-8-20-21-9-10-35-16-18-13-27(44-32(36)17-11-25(39-2)30(41-4)26(12-17)40-3)31(42-5)28(33(37)43-6)22(18)15-24(35)29(21)34-23(20)14-19/h7-8,11-12,14,18,22,24,27-28,31,34H,9-10,13,15-16H2,1-6H3/t18-,22+,24-,27-,28+,31+/m1/s1/i2D3,3D3,4D3. The van der Waals surface area contributed by atoms with Crippen molar-refractivity contribution < 1.29 is 55.1 Å². The molecule has 3 heterocycles. The predicted octanol–water partition coefficient (Wildman–Crippen LogP) is 4.17. The fraction of sp³-hybridized carbons (Fsp3) is 0.515. The van der Waals surface area contributed by atoms with E-state index in [-0.39, 0.29) is 17.9 Å². The molecular formula is C33H40N2O9. The van der Waals surface area contributed by atoms with Crippen molar-refractivity contribution in [3.05, 3.63) is 47.2 Å². The molecule has 2 aliphatic heterocycles. The normalized spacial score (nSPS) is 30.0. The van der Waals surface area contributed by atoms with Gasteiger partial charge in [0, 0.05) is 42.9 Å². The topological polar surface area (TPSA) is 118 Å². The van der Waals surface area contributed by atoms with Gasteiger partial charge in [-0.3, -0.25) is 9.69 Å². The summed E-state index contributed by atoms with van der Waals surface area (Å²) in [5.41, 5.74) is 2.84. The number of fused-ring (bicyclic) bond motifs is 6. The van der Waals surface area contributed by atoms with Gasteiger partial charge in [-0.05, 0) is 60.9 Å². The molecule has 2 aromatic carbocycles. The fourth-order valence-electron chi connectivity index (χ4n) is 7.51. The maximum Gasteiger partial charge on any atom is 0.338 e. The van der Waals surface area contributed by atoms with Gasteiger partial charge in [-0.15, -0.1) is 0 Å². The molecule has 0 radical (unpaired) electrons. The Labute approximate surface area is 269 Å². The first kappa shape index (κ1) is 20.9. The second-order valence-corrected chi connectivity index (χ2v) is 11.4. The van der Waals surface area contributed by atoms with Crippen LogP contribution in [-0.2, 0) is 25.4 Å². The van der Waals surface area contributed by atoms with Crippen LogP contribution >= 0.6 is 0 Å². The number of aromatic nitrogens is 1. The molecule has 3 aromatic rings. The second-order valence-electron chi connectivity index (χ2n) is 11.4. The van der Waals surface area contributed by atoms with Crippen LogP contribution in [0.1, 0.15) is 52.8 Å². The molecule has 11 heteroatoms. The van der Waals surface area contributed by atoms with E-state index in [0.29, 0.717) is 19.4 Å². The molecule has 6 rings (SSSR count). The quantitative estimate of drug-likeness (QED) is 0.369. The Balaban J connectivity index is 1.32. The summed E-state index contributed by atoms with van der Waals surface area (Å²) < 4.78 is 105. The van der Waals surface area contributed by atoms with E-state index < -0.39 is 74.0 Å². The highest BCUT2D eigenvalue weighted by Gasteiger charge is 2.54. The van der Waals surface area contributed by atoms with E-state index >= 15 is 0 Å². The lowest BCUT2D eigenvalue weighted by atomic mass is 9.63. The van der Waals surface area contributed by atoms with Crippen LogP contribution in [0.2, 0.25) is 0 Å². The van der Waals surface area contributed by atoms with Gasteiger partial charge in [0.05, 0.1) is 65.2 Å². The largest absolute Gasteiger partial charge is 0.497 e. The second kappa shape index (κ2) is 12.2. The van der Waals surface area contributed by atoms with Crippen molar-refractivity contribution in [1.29, 1.82) is 0 Å². The van der Waals surface area contributed by atoms with Crippen LogP contribution in [0, 0.1) is 17.8 Å². The molecule has 11 nitrogen and oxygen atoms in total. The van der Waals surface area contributed by atoms with Gasteiger partial charge in [0.2, 0.25) is 5.75 Å². The van der Waals surface area contributed by atoms with E-state index in [2.05, 4.69) is 9.88 Å². The minimum Gasteiger partial charge on any atom is -0.497 e. The molecule has 1 saturated heterocycles. The number of ether oxygens (including phenoxy) is 7. The van der Waals surface area contributed by atoms with Crippen molar-refractivity contribution in [2.45, 2.75) is 37.5 Å². The minimum atomic E-state index is -3.19. The number of esters is 2. The number of carbonyl (C=O) groups is 2. The maximum absolute atomic E-state index is 13.8. The van der Waals surface area contributed by atoms with Crippen molar-refractivity contribution in [3.63, 3.8) is 0 Å². The molecule has 0 bridgehead atoms. The zero-order valence-corrected chi connectivity index (χ0v) is 24.5. The third-order valence-corrected chi connectivity index (χ3v) is 9.44. The van der Waals surface area contributed by atoms with E-state index in [4.69, 9.17) is 45.5 Å². The van der Waals surface area contributed by atoms with E-state index in [9.17, 15) is 9.59 Å². The number of methoxy groups -OCH3 is 6. The van der Waals surface area contributed by atoms with Crippen LogP contribution in [0.25, 0.3) is 10.9 Å². The molecule has 1 saturated carbocycles. The van der Waals surface area contributed by atoms with Crippen LogP contribution in [0.4, 0.5) is 0 Å². The van der Waals surface area contributed by atoms with Gasteiger partial charge in [0.15, 0.2) is 11.5 Å². The van der Waals surface area contributed by atoms with Crippen LogP contribution < -0.4 is 18.9 Å². The van der Waals surface area contributed by atoms with Gasteiger partial charge < -0.3 is 38.1 Å². The molecule has 2 fully saturated rings. The Hall–Kier alpha value is -3.96. The average Bonchev–Trinajstić information content (AvgIpc) is 3.44. The Morgan fingerprint density at radius 2 is 1.75 bits per heavy atom. The lowest BCUT2D eigenvalue weighted by Crippen LogP contribution is -2.58. The molecule has 1 aromatic heterocycles. The summed E-state index contributed by atoms with van der Waals surface area (Å²) in [5, 5.41) is 1.12. The number of hydrogen-bond donors (Lipinski definition) is 1. The van der Waals surface area contributed by atoms with Crippen molar-refractivity contribution in [2.24, 2.45) is 17.8 Å². The Kier molecular flexibility index (Phi) is 5.80. The van der Waals surface area contributed by atoms with Crippen molar-refractivity contribution in [2.75, 3.05) is 55.5 Å². The van der Waals surface area contributed by atoms with Gasteiger partial charge in [0.1, 0.15) is 18.0 Å². The summed E-state index contributed by atoms with van der Waals surface area (Å²) in [6.45, 7) is 1.35. The minimum absolute atomic E-state index is 0.0221. The van der Waals surface area contributed by atoms with Crippen molar-refractivity contribution in [3.8, 4) is 23.0 Å². The number of rotatable bonds is 8. The number of carbonyl (C=O) groups excluding carboxylic acids is 2. The van der Waals surface area contributed by atoms with Gasteiger partial charge in [0.25, 0.3) is 0 Å². The highest BCUT2D eigenvalue weighted by Crippen LogP contribution is 2.51. The number of aromatic amines is 1. The zero-order chi connectivity index (χ0) is 38.6. The molecular weight excluding hydrogens is 568 g/mol. The molecule has 1 aliphatic carbocycles. The first-order valence-electron chi connectivity index (χ1n) is 18.8. The van der Waals surface area contributed by atoms with Gasteiger partial charge >= 0.3 is 11.9 Å². The highest BCUT2D eigenvalue weighted by atomic mass is 16.6. The number of hydrogen-bond acceptors (Lipinski definition) is 10.